The van der Waals surface area contributed by atoms with E-state index >= 15 is 0 Å². The summed E-state index contributed by atoms with van der Waals surface area (Å²) in [5.74, 6) is -0.473. The van der Waals surface area contributed by atoms with Crippen molar-refractivity contribution in [2.45, 2.75) is 19.9 Å². The van der Waals surface area contributed by atoms with Crippen LogP contribution in [0.4, 0.5) is 4.79 Å². The Labute approximate surface area is 124 Å². The predicted octanol–water partition coefficient (Wildman–Crippen LogP) is 1.18. The number of carbonyl (C=O) groups excluding carboxylic acids is 1. The van der Waals surface area contributed by atoms with Gasteiger partial charge in [-0.05, 0) is 6.92 Å². The van der Waals surface area contributed by atoms with Crippen molar-refractivity contribution in [3.63, 3.8) is 0 Å². The van der Waals surface area contributed by atoms with Crippen LogP contribution in [0.1, 0.15) is 27.0 Å². The summed E-state index contributed by atoms with van der Waals surface area (Å²) >= 11 is 1.26. The molecule has 2 aromatic rings. The standard InChI is InChI=1S/C12H14N4O4S/c1-7-4-8(20-16-7)5-14-12(19)13-3-2-10-15-9(6-21-10)11(17)18/h4,6H,2-3,5H2,1H3,(H,17,18)(H2,13,14,19). The molecule has 0 bridgehead atoms. The molecule has 2 aromatic heterocycles. The van der Waals surface area contributed by atoms with Crippen LogP contribution in [-0.4, -0.2) is 33.8 Å². The van der Waals surface area contributed by atoms with E-state index in [-0.39, 0.29) is 18.3 Å². The molecule has 0 aromatic carbocycles. The molecule has 0 radical (unpaired) electrons. The topological polar surface area (TPSA) is 117 Å². The van der Waals surface area contributed by atoms with E-state index in [9.17, 15) is 9.59 Å². The lowest BCUT2D eigenvalue weighted by molar-refractivity contribution is 0.0691. The summed E-state index contributed by atoms with van der Waals surface area (Å²) in [6.45, 7) is 2.42. The zero-order chi connectivity index (χ0) is 15.2. The van der Waals surface area contributed by atoms with E-state index in [1.807, 2.05) is 0 Å². The third-order valence-electron chi connectivity index (χ3n) is 2.50. The summed E-state index contributed by atoms with van der Waals surface area (Å²) in [6, 6.07) is 1.41. The Hall–Kier alpha value is -2.42. The first-order chi connectivity index (χ1) is 10.0. The van der Waals surface area contributed by atoms with Crippen LogP contribution in [0.3, 0.4) is 0 Å². The van der Waals surface area contributed by atoms with Gasteiger partial charge in [0.1, 0.15) is 0 Å². The highest BCUT2D eigenvalue weighted by Crippen LogP contribution is 2.09. The first kappa shape index (κ1) is 15.0. The lowest BCUT2D eigenvalue weighted by atomic mass is 10.4. The van der Waals surface area contributed by atoms with E-state index in [1.165, 1.54) is 16.7 Å². The fraction of sp³-hybridized carbons (Fsp3) is 0.333. The molecule has 0 spiro atoms. The Morgan fingerprint density at radius 3 is 2.86 bits per heavy atom. The van der Waals surface area contributed by atoms with Crippen LogP contribution in [0.5, 0.6) is 0 Å². The van der Waals surface area contributed by atoms with Gasteiger partial charge in [-0.15, -0.1) is 11.3 Å². The second kappa shape index (κ2) is 6.84. The second-order valence-electron chi connectivity index (χ2n) is 4.23. The van der Waals surface area contributed by atoms with Gasteiger partial charge in [0.15, 0.2) is 11.5 Å². The Kier molecular flexibility index (Phi) is 4.88. The number of carbonyl (C=O) groups is 2. The minimum absolute atomic E-state index is 0.0279. The number of hydrogen-bond donors (Lipinski definition) is 3. The van der Waals surface area contributed by atoms with Gasteiger partial charge in [-0.25, -0.2) is 14.6 Å². The first-order valence-electron chi connectivity index (χ1n) is 6.16. The average molecular weight is 310 g/mol. The Bertz CT molecular complexity index is 637. The van der Waals surface area contributed by atoms with Crippen molar-refractivity contribution in [2.24, 2.45) is 0 Å². The van der Waals surface area contributed by atoms with Gasteiger partial charge in [0, 0.05) is 24.4 Å². The average Bonchev–Trinajstić information content (AvgIpc) is 3.05. The van der Waals surface area contributed by atoms with Crippen molar-refractivity contribution in [1.29, 1.82) is 0 Å². The summed E-state index contributed by atoms with van der Waals surface area (Å²) in [6.07, 6.45) is 0.479. The molecule has 0 atom stereocenters. The fourth-order valence-corrected chi connectivity index (χ4v) is 2.31. The third kappa shape index (κ3) is 4.56. The molecular formula is C12H14N4O4S. The van der Waals surface area contributed by atoms with E-state index in [0.717, 1.165) is 5.69 Å². The minimum Gasteiger partial charge on any atom is -0.476 e. The van der Waals surface area contributed by atoms with Crippen molar-refractivity contribution >= 4 is 23.3 Å². The number of thiazole rings is 1. The van der Waals surface area contributed by atoms with Gasteiger partial charge in [0.2, 0.25) is 0 Å². The van der Waals surface area contributed by atoms with Crippen LogP contribution in [0.15, 0.2) is 16.0 Å². The molecular weight excluding hydrogens is 296 g/mol. The number of carboxylic acid groups (broad SMARTS) is 1. The molecule has 0 fully saturated rings. The molecule has 9 heteroatoms. The van der Waals surface area contributed by atoms with Crippen molar-refractivity contribution in [3.8, 4) is 0 Å². The summed E-state index contributed by atoms with van der Waals surface area (Å²) in [5, 5.41) is 19.9. The second-order valence-corrected chi connectivity index (χ2v) is 5.17. The number of nitrogens with zero attached hydrogens (tertiary/aromatic N) is 2. The lowest BCUT2D eigenvalue weighted by Gasteiger charge is -2.04. The summed E-state index contributed by atoms with van der Waals surface area (Å²) in [4.78, 5) is 26.1. The molecule has 2 heterocycles. The fourth-order valence-electron chi connectivity index (χ4n) is 1.54. The van der Waals surface area contributed by atoms with Gasteiger partial charge in [-0.2, -0.15) is 0 Å². The van der Waals surface area contributed by atoms with Gasteiger partial charge < -0.3 is 20.3 Å². The molecule has 0 saturated heterocycles. The molecule has 0 aliphatic heterocycles. The number of rotatable bonds is 6. The number of urea groups is 1. The minimum atomic E-state index is -1.05. The maximum atomic E-state index is 11.5. The zero-order valence-corrected chi connectivity index (χ0v) is 12.1. The van der Waals surface area contributed by atoms with Crippen LogP contribution in [0, 0.1) is 6.92 Å². The molecule has 8 nitrogen and oxygen atoms in total. The number of amides is 2. The molecule has 0 aliphatic rings. The SMILES string of the molecule is Cc1cc(CNC(=O)NCCc2nc(C(=O)O)cs2)on1. The molecule has 21 heavy (non-hydrogen) atoms. The van der Waals surface area contributed by atoms with Crippen LogP contribution < -0.4 is 10.6 Å². The molecule has 0 saturated carbocycles. The van der Waals surface area contributed by atoms with Crippen molar-refractivity contribution in [2.75, 3.05) is 6.54 Å². The zero-order valence-electron chi connectivity index (χ0n) is 11.3. The first-order valence-corrected chi connectivity index (χ1v) is 7.04. The van der Waals surface area contributed by atoms with Crippen molar-refractivity contribution in [3.05, 3.63) is 33.6 Å². The molecule has 0 aliphatic carbocycles. The summed E-state index contributed by atoms with van der Waals surface area (Å²) in [7, 11) is 0. The summed E-state index contributed by atoms with van der Waals surface area (Å²) < 4.78 is 4.96. The normalized spacial score (nSPS) is 10.3. The van der Waals surface area contributed by atoms with Gasteiger partial charge >= 0.3 is 12.0 Å². The van der Waals surface area contributed by atoms with Gasteiger partial charge in [0.25, 0.3) is 0 Å². The van der Waals surface area contributed by atoms with E-state index in [1.54, 1.807) is 13.0 Å². The summed E-state index contributed by atoms with van der Waals surface area (Å²) in [5.41, 5.74) is 0.783. The number of nitrogens with one attached hydrogen (secondary N) is 2. The number of hydrogen-bond acceptors (Lipinski definition) is 6. The van der Waals surface area contributed by atoms with Gasteiger partial charge in [0.05, 0.1) is 17.2 Å². The monoisotopic (exact) mass is 310 g/mol. The Morgan fingerprint density at radius 2 is 2.24 bits per heavy atom. The smallest absolute Gasteiger partial charge is 0.355 e. The number of carboxylic acids is 1. The molecule has 2 rings (SSSR count). The predicted molar refractivity (Wildman–Crippen MR) is 74.3 cm³/mol. The van der Waals surface area contributed by atoms with E-state index in [4.69, 9.17) is 9.63 Å². The highest BCUT2D eigenvalue weighted by atomic mass is 32.1. The molecule has 112 valence electrons. The Balaban J connectivity index is 1.67. The molecule has 3 N–H and O–H groups in total. The van der Waals surface area contributed by atoms with Gasteiger partial charge in [-0.1, -0.05) is 5.16 Å². The number of aromatic carboxylic acids is 1. The molecule has 0 unspecified atom stereocenters. The van der Waals surface area contributed by atoms with Gasteiger partial charge in [-0.3, -0.25) is 0 Å². The largest absolute Gasteiger partial charge is 0.476 e. The Morgan fingerprint density at radius 1 is 1.43 bits per heavy atom. The maximum absolute atomic E-state index is 11.5. The van der Waals surface area contributed by atoms with E-state index in [0.29, 0.717) is 23.7 Å². The quantitative estimate of drug-likeness (QED) is 0.737. The van der Waals surface area contributed by atoms with Crippen LogP contribution in [0.2, 0.25) is 0 Å². The highest BCUT2D eigenvalue weighted by molar-refractivity contribution is 7.09. The van der Waals surface area contributed by atoms with Crippen molar-refractivity contribution in [1.82, 2.24) is 20.8 Å². The lowest BCUT2D eigenvalue weighted by Crippen LogP contribution is -2.36. The van der Waals surface area contributed by atoms with E-state index in [2.05, 4.69) is 20.8 Å². The van der Waals surface area contributed by atoms with Crippen molar-refractivity contribution < 1.29 is 19.2 Å². The van der Waals surface area contributed by atoms with Crippen LogP contribution >= 0.6 is 11.3 Å². The molecule has 2 amide bonds. The van der Waals surface area contributed by atoms with E-state index < -0.39 is 5.97 Å². The van der Waals surface area contributed by atoms with Crippen LogP contribution in [0.25, 0.3) is 0 Å². The maximum Gasteiger partial charge on any atom is 0.355 e. The number of aryl methyl sites for hydroxylation is 1. The van der Waals surface area contributed by atoms with Crippen LogP contribution in [-0.2, 0) is 13.0 Å². The third-order valence-corrected chi connectivity index (χ3v) is 3.40. The highest BCUT2D eigenvalue weighted by Gasteiger charge is 2.09. The number of aromatic nitrogens is 2.